The van der Waals surface area contributed by atoms with Crippen LogP contribution in [0.25, 0.3) is 0 Å². The van der Waals surface area contributed by atoms with E-state index in [1.165, 1.54) is 6.42 Å². The first-order valence-corrected chi connectivity index (χ1v) is 13.8. The molecule has 1 aromatic carbocycles. The van der Waals surface area contributed by atoms with Gasteiger partial charge >= 0.3 is 0 Å². The van der Waals surface area contributed by atoms with Gasteiger partial charge in [0, 0.05) is 16.6 Å². The fraction of sp³-hybridized carbons (Fsp3) is 0.464. The Morgan fingerprint density at radius 1 is 1.14 bits per heavy atom. The van der Waals surface area contributed by atoms with E-state index in [0.29, 0.717) is 18.0 Å². The van der Waals surface area contributed by atoms with Gasteiger partial charge in [0.1, 0.15) is 17.4 Å². The Morgan fingerprint density at radius 2 is 1.92 bits per heavy atom. The number of methoxy groups -OCH3 is 1. The Bertz CT molecular complexity index is 1210. The van der Waals surface area contributed by atoms with Crippen molar-refractivity contribution in [1.82, 2.24) is 10.2 Å². The van der Waals surface area contributed by atoms with Gasteiger partial charge in [0.2, 0.25) is 17.7 Å². The highest BCUT2D eigenvalue weighted by molar-refractivity contribution is 7.09. The van der Waals surface area contributed by atoms with E-state index in [9.17, 15) is 14.4 Å². The second kappa shape index (κ2) is 9.61. The third-order valence-corrected chi connectivity index (χ3v) is 9.00. The predicted molar refractivity (Wildman–Crippen MR) is 139 cm³/mol. The minimum Gasteiger partial charge on any atom is -0.497 e. The van der Waals surface area contributed by atoms with E-state index in [4.69, 9.17) is 9.47 Å². The Labute approximate surface area is 220 Å². The lowest BCUT2D eigenvalue weighted by molar-refractivity contribution is -0.142. The van der Waals surface area contributed by atoms with Crippen molar-refractivity contribution >= 4 is 34.7 Å². The molecule has 3 fully saturated rings. The minimum atomic E-state index is -1.15. The summed E-state index contributed by atoms with van der Waals surface area (Å²) in [5.41, 5.74) is -0.543. The first-order chi connectivity index (χ1) is 18.0. The Morgan fingerprint density at radius 3 is 2.62 bits per heavy atom. The molecule has 37 heavy (non-hydrogen) atoms. The molecule has 194 valence electrons. The number of benzene rings is 1. The van der Waals surface area contributed by atoms with Crippen LogP contribution in [0, 0.1) is 11.8 Å². The molecule has 9 heteroatoms. The predicted octanol–water partition coefficient (Wildman–Crippen LogP) is 3.49. The van der Waals surface area contributed by atoms with Gasteiger partial charge < -0.3 is 25.0 Å². The molecule has 4 aliphatic rings. The number of nitrogens with one attached hydrogen (secondary N) is 2. The smallest absolute Gasteiger partial charge is 0.246 e. The number of ether oxygens (including phenoxy) is 2. The van der Waals surface area contributed by atoms with E-state index in [2.05, 4.69) is 10.6 Å². The number of carbonyl (C=O) groups is 3. The van der Waals surface area contributed by atoms with Gasteiger partial charge in [-0.05, 0) is 48.6 Å². The monoisotopic (exact) mass is 521 g/mol. The summed E-state index contributed by atoms with van der Waals surface area (Å²) >= 11 is 1.54. The maximum absolute atomic E-state index is 14.0. The molecule has 6 rings (SSSR count). The van der Waals surface area contributed by atoms with Gasteiger partial charge in [0.15, 0.2) is 0 Å². The number of rotatable bonds is 7. The molecule has 0 unspecified atom stereocenters. The van der Waals surface area contributed by atoms with Crippen LogP contribution in [0.4, 0.5) is 5.69 Å². The fourth-order valence-corrected chi connectivity index (χ4v) is 7.14. The molecule has 2 bridgehead atoms. The number of hydrogen-bond donors (Lipinski definition) is 2. The second-order valence-electron chi connectivity index (χ2n) is 10.3. The van der Waals surface area contributed by atoms with E-state index in [1.54, 1.807) is 47.6 Å². The van der Waals surface area contributed by atoms with E-state index >= 15 is 0 Å². The van der Waals surface area contributed by atoms with E-state index < -0.39 is 29.6 Å². The second-order valence-corrected chi connectivity index (χ2v) is 11.3. The lowest BCUT2D eigenvalue weighted by atomic mass is 9.74. The van der Waals surface area contributed by atoms with Crippen LogP contribution in [0.15, 0.2) is 53.9 Å². The van der Waals surface area contributed by atoms with Crippen LogP contribution >= 0.6 is 11.3 Å². The molecule has 2 N–H and O–H groups in total. The summed E-state index contributed by atoms with van der Waals surface area (Å²) in [5.74, 6) is -1.49. The topological polar surface area (TPSA) is 97.0 Å². The van der Waals surface area contributed by atoms with Gasteiger partial charge in [-0.1, -0.05) is 37.5 Å². The average molecular weight is 522 g/mol. The quantitative estimate of drug-likeness (QED) is 0.544. The summed E-state index contributed by atoms with van der Waals surface area (Å²) in [6.07, 6.45) is 8.40. The third kappa shape index (κ3) is 4.14. The third-order valence-electron chi connectivity index (χ3n) is 8.14. The number of nitrogens with zero attached hydrogens (tertiary/aromatic N) is 1. The van der Waals surface area contributed by atoms with Crippen LogP contribution in [0.5, 0.6) is 5.75 Å². The summed E-state index contributed by atoms with van der Waals surface area (Å²) in [6.45, 7) is 0.312. The highest BCUT2D eigenvalue weighted by atomic mass is 32.1. The largest absolute Gasteiger partial charge is 0.497 e. The fourth-order valence-electron chi connectivity index (χ4n) is 6.44. The number of fused-ring (bicyclic) bond motifs is 1. The van der Waals surface area contributed by atoms with Gasteiger partial charge in [-0.3, -0.25) is 14.4 Å². The van der Waals surface area contributed by atoms with Crippen molar-refractivity contribution in [3.05, 3.63) is 58.8 Å². The molecule has 2 saturated heterocycles. The molecule has 1 aromatic heterocycles. The number of thiophene rings is 1. The lowest BCUT2D eigenvalue weighted by Gasteiger charge is -2.34. The average Bonchev–Trinajstić information content (AvgIpc) is 3.68. The van der Waals surface area contributed by atoms with Crippen molar-refractivity contribution in [2.24, 2.45) is 11.8 Å². The van der Waals surface area contributed by atoms with Crippen LogP contribution in [-0.2, 0) is 25.7 Å². The number of amides is 3. The Kier molecular flexibility index (Phi) is 6.28. The van der Waals surface area contributed by atoms with Crippen LogP contribution < -0.4 is 15.4 Å². The molecule has 1 spiro atoms. The number of hydrogen-bond acceptors (Lipinski definition) is 6. The Hall–Kier alpha value is -3.17. The standard InChI is InChI=1S/C28H31N3O5S/c1-35-19-11-9-18(10-12-19)29-25(32)22-21-13-14-28(36-21)23(22)27(34)31(16-20-8-5-15-37-20)24(28)26(33)30-17-6-3-2-4-7-17/h5,8-15,17,21-24H,2-4,6-7,16H2,1H3,(H,29,32)(H,30,33)/t21-,22+,23-,24+,28-/m1/s1. The maximum atomic E-state index is 14.0. The summed E-state index contributed by atoms with van der Waals surface area (Å²) in [5, 5.41) is 8.12. The van der Waals surface area contributed by atoms with E-state index in [-0.39, 0.29) is 23.8 Å². The van der Waals surface area contributed by atoms with Gasteiger partial charge in [-0.25, -0.2) is 0 Å². The molecular weight excluding hydrogens is 490 g/mol. The van der Waals surface area contributed by atoms with Crippen molar-refractivity contribution in [3.63, 3.8) is 0 Å². The molecule has 1 saturated carbocycles. The molecule has 3 aliphatic heterocycles. The highest BCUT2D eigenvalue weighted by Crippen LogP contribution is 2.55. The molecule has 4 heterocycles. The first-order valence-electron chi connectivity index (χ1n) is 13.0. The highest BCUT2D eigenvalue weighted by Gasteiger charge is 2.72. The lowest BCUT2D eigenvalue weighted by Crippen LogP contribution is -2.56. The summed E-state index contributed by atoms with van der Waals surface area (Å²) in [7, 11) is 1.58. The Balaban J connectivity index is 1.29. The number of likely N-dealkylation sites (tertiary alicyclic amines) is 1. The normalized spacial score (nSPS) is 30.4. The van der Waals surface area contributed by atoms with Gasteiger partial charge in [-0.2, -0.15) is 0 Å². The van der Waals surface area contributed by atoms with E-state index in [0.717, 1.165) is 30.6 Å². The van der Waals surface area contributed by atoms with Gasteiger partial charge in [0.25, 0.3) is 0 Å². The van der Waals surface area contributed by atoms with Crippen LogP contribution in [0.2, 0.25) is 0 Å². The SMILES string of the molecule is COc1ccc(NC(=O)[C@H]2[C@H]3C=C[C@]4(O3)[C@H](C(=O)NC3CCCCC3)N(Cc3cccs3)C(=O)[C@@H]24)cc1. The van der Waals surface area contributed by atoms with E-state index in [1.807, 2.05) is 29.7 Å². The molecule has 2 aromatic rings. The summed E-state index contributed by atoms with van der Waals surface area (Å²) in [6, 6.07) is 10.2. The molecule has 3 amide bonds. The van der Waals surface area contributed by atoms with Gasteiger partial charge in [-0.15, -0.1) is 11.3 Å². The molecule has 0 radical (unpaired) electrons. The minimum absolute atomic E-state index is 0.104. The molecule has 8 nitrogen and oxygen atoms in total. The van der Waals surface area contributed by atoms with Crippen molar-refractivity contribution in [2.75, 3.05) is 12.4 Å². The van der Waals surface area contributed by atoms with Crippen molar-refractivity contribution in [3.8, 4) is 5.75 Å². The zero-order chi connectivity index (χ0) is 25.6. The van der Waals surface area contributed by atoms with Crippen molar-refractivity contribution < 1.29 is 23.9 Å². The van der Waals surface area contributed by atoms with Crippen LogP contribution in [-0.4, -0.2) is 53.5 Å². The first kappa shape index (κ1) is 24.2. The maximum Gasteiger partial charge on any atom is 0.246 e. The molecular formula is C28H31N3O5S. The summed E-state index contributed by atoms with van der Waals surface area (Å²) in [4.78, 5) is 44.0. The molecule has 5 atom stereocenters. The zero-order valence-corrected chi connectivity index (χ0v) is 21.5. The van der Waals surface area contributed by atoms with Crippen molar-refractivity contribution in [1.29, 1.82) is 0 Å². The van der Waals surface area contributed by atoms with Crippen LogP contribution in [0.3, 0.4) is 0 Å². The zero-order valence-electron chi connectivity index (χ0n) is 20.7. The summed E-state index contributed by atoms with van der Waals surface area (Å²) < 4.78 is 11.6. The van der Waals surface area contributed by atoms with Crippen LogP contribution in [0.1, 0.15) is 37.0 Å². The number of anilines is 1. The number of carbonyl (C=O) groups excluding carboxylic acids is 3. The van der Waals surface area contributed by atoms with Gasteiger partial charge in [0.05, 0.1) is 31.6 Å². The van der Waals surface area contributed by atoms with Crippen molar-refractivity contribution in [2.45, 2.75) is 62.4 Å². The molecule has 1 aliphatic carbocycles.